The zero-order valence-corrected chi connectivity index (χ0v) is 12.7. The fraction of sp³-hybridized carbons (Fsp3) is 0.267. The van der Waals surface area contributed by atoms with Gasteiger partial charge in [-0.05, 0) is 54.7 Å². The van der Waals surface area contributed by atoms with Crippen molar-refractivity contribution in [1.29, 1.82) is 0 Å². The molecule has 0 fully saturated rings. The van der Waals surface area contributed by atoms with Gasteiger partial charge in [0.15, 0.2) is 5.15 Å². The van der Waals surface area contributed by atoms with Gasteiger partial charge in [-0.25, -0.2) is 4.98 Å². The topological polar surface area (TPSA) is 24.9 Å². The standard InChI is InChI=1S/C15H14BrClN2/c16-12-5-3-11-9-13(6-4-10(11)8-12)19-14-2-1-7-18-15(14)17/h1-3,5,7-8,13,19H,4,6,9H2. The highest BCUT2D eigenvalue weighted by Crippen LogP contribution is 2.27. The van der Waals surface area contributed by atoms with Crippen molar-refractivity contribution in [1.82, 2.24) is 4.98 Å². The van der Waals surface area contributed by atoms with Gasteiger partial charge in [0.2, 0.25) is 0 Å². The minimum Gasteiger partial charge on any atom is -0.379 e. The van der Waals surface area contributed by atoms with E-state index in [1.54, 1.807) is 6.20 Å². The third-order valence-corrected chi connectivity index (χ3v) is 4.31. The van der Waals surface area contributed by atoms with Crippen molar-refractivity contribution in [3.63, 3.8) is 0 Å². The van der Waals surface area contributed by atoms with Gasteiger partial charge in [-0.15, -0.1) is 0 Å². The summed E-state index contributed by atoms with van der Waals surface area (Å²) in [5.74, 6) is 0. The number of fused-ring (bicyclic) bond motifs is 1. The summed E-state index contributed by atoms with van der Waals surface area (Å²) < 4.78 is 1.16. The molecule has 0 aliphatic heterocycles. The van der Waals surface area contributed by atoms with Crippen LogP contribution >= 0.6 is 27.5 Å². The third kappa shape index (κ3) is 2.93. The molecule has 1 aliphatic rings. The highest BCUT2D eigenvalue weighted by atomic mass is 79.9. The molecule has 4 heteroatoms. The summed E-state index contributed by atoms with van der Waals surface area (Å²) in [6, 6.07) is 10.9. The molecule has 1 heterocycles. The molecule has 0 bridgehead atoms. The molecule has 2 aromatic rings. The van der Waals surface area contributed by atoms with Crippen LogP contribution in [0.4, 0.5) is 5.69 Å². The highest BCUT2D eigenvalue weighted by Gasteiger charge is 2.19. The zero-order chi connectivity index (χ0) is 13.2. The third-order valence-electron chi connectivity index (χ3n) is 3.52. The molecule has 0 amide bonds. The molecule has 0 radical (unpaired) electrons. The van der Waals surface area contributed by atoms with E-state index < -0.39 is 0 Å². The number of pyridine rings is 1. The van der Waals surface area contributed by atoms with E-state index in [4.69, 9.17) is 11.6 Å². The van der Waals surface area contributed by atoms with E-state index in [-0.39, 0.29) is 0 Å². The number of rotatable bonds is 2. The van der Waals surface area contributed by atoms with E-state index in [2.05, 4.69) is 44.4 Å². The van der Waals surface area contributed by atoms with Gasteiger partial charge in [0.1, 0.15) is 0 Å². The van der Waals surface area contributed by atoms with Crippen LogP contribution in [0.2, 0.25) is 5.15 Å². The number of aryl methyl sites for hydroxylation is 1. The van der Waals surface area contributed by atoms with Gasteiger partial charge in [-0.2, -0.15) is 0 Å². The zero-order valence-electron chi connectivity index (χ0n) is 10.4. The minimum absolute atomic E-state index is 0.426. The Labute approximate surface area is 126 Å². The summed E-state index contributed by atoms with van der Waals surface area (Å²) in [5, 5.41) is 4.04. The van der Waals surface area contributed by atoms with Crippen LogP contribution in [0, 0.1) is 0 Å². The predicted molar refractivity (Wildman–Crippen MR) is 82.8 cm³/mol. The van der Waals surface area contributed by atoms with Crippen LogP contribution in [-0.4, -0.2) is 11.0 Å². The van der Waals surface area contributed by atoms with Crippen molar-refractivity contribution < 1.29 is 0 Å². The Kier molecular flexibility index (Phi) is 3.76. The van der Waals surface area contributed by atoms with Gasteiger partial charge >= 0.3 is 0 Å². The summed E-state index contributed by atoms with van der Waals surface area (Å²) in [4.78, 5) is 4.10. The van der Waals surface area contributed by atoms with Gasteiger partial charge in [-0.3, -0.25) is 0 Å². The van der Waals surface area contributed by atoms with Gasteiger partial charge in [0.25, 0.3) is 0 Å². The van der Waals surface area contributed by atoms with Crippen molar-refractivity contribution in [3.05, 3.63) is 57.3 Å². The maximum Gasteiger partial charge on any atom is 0.152 e. The van der Waals surface area contributed by atoms with E-state index in [1.165, 1.54) is 11.1 Å². The second kappa shape index (κ2) is 5.51. The lowest BCUT2D eigenvalue weighted by atomic mass is 9.88. The molecule has 1 aliphatic carbocycles. The maximum absolute atomic E-state index is 6.08. The number of nitrogens with zero attached hydrogens (tertiary/aromatic N) is 1. The van der Waals surface area contributed by atoms with Crippen LogP contribution < -0.4 is 5.32 Å². The molecule has 0 saturated heterocycles. The van der Waals surface area contributed by atoms with Crippen LogP contribution in [0.3, 0.4) is 0 Å². The Balaban J connectivity index is 1.76. The van der Waals surface area contributed by atoms with Crippen LogP contribution in [0.15, 0.2) is 41.0 Å². The molecule has 0 saturated carbocycles. The summed E-state index contributed by atoms with van der Waals surface area (Å²) in [7, 11) is 0. The average molecular weight is 338 g/mol. The highest BCUT2D eigenvalue weighted by molar-refractivity contribution is 9.10. The monoisotopic (exact) mass is 336 g/mol. The second-order valence-corrected chi connectivity index (χ2v) is 6.11. The number of halogens is 2. The van der Waals surface area contributed by atoms with Crippen molar-refractivity contribution in [3.8, 4) is 0 Å². The van der Waals surface area contributed by atoms with E-state index in [0.29, 0.717) is 11.2 Å². The number of aromatic nitrogens is 1. The molecule has 2 nitrogen and oxygen atoms in total. The van der Waals surface area contributed by atoms with E-state index in [9.17, 15) is 0 Å². The van der Waals surface area contributed by atoms with Crippen LogP contribution in [-0.2, 0) is 12.8 Å². The molecule has 1 unspecified atom stereocenters. The minimum atomic E-state index is 0.426. The van der Waals surface area contributed by atoms with Crippen molar-refractivity contribution in [2.24, 2.45) is 0 Å². The van der Waals surface area contributed by atoms with Gasteiger partial charge < -0.3 is 5.32 Å². The molecule has 1 atom stereocenters. The molecular weight excluding hydrogens is 324 g/mol. The Hall–Kier alpha value is -1.06. The van der Waals surface area contributed by atoms with Crippen LogP contribution in [0.25, 0.3) is 0 Å². The largest absolute Gasteiger partial charge is 0.379 e. The average Bonchev–Trinajstić information content (AvgIpc) is 2.41. The molecular formula is C15H14BrClN2. The second-order valence-electron chi connectivity index (χ2n) is 4.84. The smallest absolute Gasteiger partial charge is 0.152 e. The first-order valence-electron chi connectivity index (χ1n) is 6.37. The number of hydrogen-bond acceptors (Lipinski definition) is 2. The number of benzene rings is 1. The van der Waals surface area contributed by atoms with Gasteiger partial charge in [0, 0.05) is 16.7 Å². The normalized spacial score (nSPS) is 17.9. The lowest BCUT2D eigenvalue weighted by molar-refractivity contribution is 0.610. The summed E-state index contributed by atoms with van der Waals surface area (Å²) >= 11 is 9.61. The Bertz CT molecular complexity index is 600. The molecule has 1 aromatic heterocycles. The summed E-state index contributed by atoms with van der Waals surface area (Å²) in [6.45, 7) is 0. The lowest BCUT2D eigenvalue weighted by Crippen LogP contribution is -2.27. The van der Waals surface area contributed by atoms with Crippen molar-refractivity contribution >= 4 is 33.2 Å². The van der Waals surface area contributed by atoms with Crippen molar-refractivity contribution in [2.75, 3.05) is 5.32 Å². The maximum atomic E-state index is 6.08. The van der Waals surface area contributed by atoms with Crippen LogP contribution in [0.1, 0.15) is 17.5 Å². The first-order valence-corrected chi connectivity index (χ1v) is 7.54. The predicted octanol–water partition coefficient (Wildman–Crippen LogP) is 4.47. The van der Waals surface area contributed by atoms with Crippen LogP contribution in [0.5, 0.6) is 0 Å². The quantitative estimate of drug-likeness (QED) is 0.818. The lowest BCUT2D eigenvalue weighted by Gasteiger charge is -2.26. The van der Waals surface area contributed by atoms with E-state index >= 15 is 0 Å². The van der Waals surface area contributed by atoms with E-state index in [0.717, 1.165) is 29.4 Å². The first-order chi connectivity index (χ1) is 9.22. The fourth-order valence-corrected chi connectivity index (χ4v) is 3.14. The molecule has 1 aromatic carbocycles. The molecule has 98 valence electrons. The van der Waals surface area contributed by atoms with E-state index in [1.807, 2.05) is 12.1 Å². The Morgan fingerprint density at radius 3 is 3.00 bits per heavy atom. The fourth-order valence-electron chi connectivity index (χ4n) is 2.56. The van der Waals surface area contributed by atoms with Gasteiger partial charge in [-0.1, -0.05) is 33.6 Å². The first kappa shape index (κ1) is 12.9. The number of hydrogen-bond donors (Lipinski definition) is 1. The number of anilines is 1. The summed E-state index contributed by atoms with van der Waals surface area (Å²) in [5.41, 5.74) is 3.80. The SMILES string of the molecule is Clc1ncccc1NC1CCc2cc(Br)ccc2C1. The van der Waals surface area contributed by atoms with Gasteiger partial charge in [0.05, 0.1) is 5.69 Å². The molecule has 3 rings (SSSR count). The molecule has 19 heavy (non-hydrogen) atoms. The van der Waals surface area contributed by atoms with Crippen molar-refractivity contribution in [2.45, 2.75) is 25.3 Å². The summed E-state index contributed by atoms with van der Waals surface area (Å²) in [6.07, 6.45) is 4.97. The number of nitrogens with one attached hydrogen (secondary N) is 1. The molecule has 0 spiro atoms. The Morgan fingerprint density at radius 1 is 1.26 bits per heavy atom. The molecule has 1 N–H and O–H groups in total. The Morgan fingerprint density at radius 2 is 2.16 bits per heavy atom.